The standard InChI is InChI=1S/C19H20.C13H10O.C13H12.C2H6/c1-15(2)12-13-16(3)18-10-7-11-19(14-18)17-8-5-4-6-9-17;1-9-5-4-7-11-10-6-2-3-8-12(10)14-13(9)11;1-11-7-9-13(10-8-11)12-5-3-2-4-6-12;1-2/h4-14H,1-3H3;2-8H,1H3;2-10H,1H3;1-2H3/b16-13+;;;. The Kier molecular flexibility index (Phi) is 13.3. The van der Waals surface area contributed by atoms with Crippen LogP contribution in [-0.4, -0.2) is 0 Å². The molecule has 0 aliphatic carbocycles. The predicted molar refractivity (Wildman–Crippen MR) is 211 cm³/mol. The van der Waals surface area contributed by atoms with E-state index in [-0.39, 0.29) is 0 Å². The van der Waals surface area contributed by atoms with Gasteiger partial charge in [0.25, 0.3) is 0 Å². The van der Waals surface area contributed by atoms with Crippen LogP contribution >= 0.6 is 0 Å². The Morgan fingerprint density at radius 1 is 0.479 bits per heavy atom. The maximum Gasteiger partial charge on any atom is 0.138 e. The summed E-state index contributed by atoms with van der Waals surface area (Å²) >= 11 is 0. The summed E-state index contributed by atoms with van der Waals surface area (Å²) in [6.45, 7) is 14.6. The van der Waals surface area contributed by atoms with Crippen molar-refractivity contribution < 1.29 is 4.42 Å². The second-order valence-electron chi connectivity index (χ2n) is 11.8. The maximum atomic E-state index is 5.78. The summed E-state index contributed by atoms with van der Waals surface area (Å²) in [4.78, 5) is 0. The highest BCUT2D eigenvalue weighted by Crippen LogP contribution is 2.30. The summed E-state index contributed by atoms with van der Waals surface area (Å²) in [6.07, 6.45) is 4.34. The summed E-state index contributed by atoms with van der Waals surface area (Å²) in [5.74, 6) is 0. The van der Waals surface area contributed by atoms with E-state index in [1.165, 1.54) is 60.9 Å². The highest BCUT2D eigenvalue weighted by molar-refractivity contribution is 6.05. The minimum atomic E-state index is 0.969. The second-order valence-corrected chi connectivity index (χ2v) is 11.8. The Morgan fingerprint density at radius 3 is 1.65 bits per heavy atom. The lowest BCUT2D eigenvalue weighted by atomic mass is 9.99. The first kappa shape index (κ1) is 35.5. The van der Waals surface area contributed by atoms with Gasteiger partial charge in [-0.1, -0.05) is 177 Å². The molecule has 0 bridgehead atoms. The van der Waals surface area contributed by atoms with Crippen LogP contribution in [0.2, 0.25) is 0 Å². The average Bonchev–Trinajstić information content (AvgIpc) is 3.53. The number of furan rings is 1. The van der Waals surface area contributed by atoms with Crippen molar-refractivity contribution in [3.05, 3.63) is 186 Å². The lowest BCUT2D eigenvalue weighted by molar-refractivity contribution is 0.666. The van der Waals surface area contributed by atoms with E-state index >= 15 is 0 Å². The molecule has 1 aromatic heterocycles. The molecule has 242 valence electrons. The fourth-order valence-corrected chi connectivity index (χ4v) is 5.23. The smallest absolute Gasteiger partial charge is 0.138 e. The molecular formula is C47H48O. The lowest BCUT2D eigenvalue weighted by Crippen LogP contribution is -1.82. The molecule has 0 aliphatic heterocycles. The number of rotatable bonds is 4. The van der Waals surface area contributed by atoms with E-state index in [1.807, 2.05) is 44.2 Å². The van der Waals surface area contributed by atoms with E-state index in [9.17, 15) is 0 Å². The first-order valence-electron chi connectivity index (χ1n) is 16.9. The molecule has 7 aromatic rings. The molecule has 0 aliphatic rings. The van der Waals surface area contributed by atoms with Crippen LogP contribution in [0.4, 0.5) is 0 Å². The largest absolute Gasteiger partial charge is 0.456 e. The molecule has 0 radical (unpaired) electrons. The number of benzene rings is 6. The Balaban J connectivity index is 0.000000161. The molecule has 1 nitrogen and oxygen atoms in total. The van der Waals surface area contributed by atoms with E-state index < -0.39 is 0 Å². The van der Waals surface area contributed by atoms with Crippen molar-refractivity contribution in [3.8, 4) is 22.3 Å². The molecule has 1 heterocycles. The quantitative estimate of drug-likeness (QED) is 0.177. The normalized spacial score (nSPS) is 10.5. The Hall–Kier alpha value is -5.40. The number of fused-ring (bicyclic) bond motifs is 3. The van der Waals surface area contributed by atoms with Gasteiger partial charge in [0.15, 0.2) is 0 Å². The summed E-state index contributed by atoms with van der Waals surface area (Å²) in [5, 5.41) is 2.41. The molecule has 7 rings (SSSR count). The Bertz CT molecular complexity index is 2050. The van der Waals surface area contributed by atoms with E-state index in [2.05, 4.69) is 168 Å². The minimum absolute atomic E-state index is 0.969. The molecule has 0 atom stereocenters. The van der Waals surface area contributed by atoms with E-state index in [1.54, 1.807) is 0 Å². The van der Waals surface area contributed by atoms with Crippen LogP contribution in [0.25, 0.3) is 49.8 Å². The summed E-state index contributed by atoms with van der Waals surface area (Å²) in [7, 11) is 0. The molecule has 0 amide bonds. The zero-order chi connectivity index (χ0) is 34.3. The zero-order valence-corrected chi connectivity index (χ0v) is 29.5. The van der Waals surface area contributed by atoms with Crippen molar-refractivity contribution in [2.24, 2.45) is 0 Å². The summed E-state index contributed by atoms with van der Waals surface area (Å²) in [6, 6.07) is 52.6. The van der Waals surface area contributed by atoms with Gasteiger partial charge in [0.2, 0.25) is 0 Å². The topological polar surface area (TPSA) is 13.1 Å². The lowest BCUT2D eigenvalue weighted by Gasteiger charge is -2.06. The van der Waals surface area contributed by atoms with Crippen LogP contribution < -0.4 is 0 Å². The van der Waals surface area contributed by atoms with Crippen LogP contribution in [0, 0.1) is 13.8 Å². The number of hydrogen-bond acceptors (Lipinski definition) is 1. The average molecular weight is 629 g/mol. The van der Waals surface area contributed by atoms with Crippen molar-refractivity contribution in [2.45, 2.75) is 48.5 Å². The molecule has 0 unspecified atom stereocenters. The Labute approximate surface area is 287 Å². The van der Waals surface area contributed by atoms with Gasteiger partial charge in [-0.2, -0.15) is 0 Å². The SMILES string of the molecule is CC.CC(C)=C/C=C(\C)c1cccc(-c2ccccc2)c1.Cc1ccc(-c2ccccc2)cc1.Cc1cccc2c1oc1ccccc12. The number of aryl methyl sites for hydroxylation is 2. The fraction of sp³-hybridized carbons (Fsp3) is 0.149. The van der Waals surface area contributed by atoms with Gasteiger partial charge >= 0.3 is 0 Å². The van der Waals surface area contributed by atoms with Gasteiger partial charge in [-0.25, -0.2) is 0 Å². The molecule has 0 saturated carbocycles. The van der Waals surface area contributed by atoms with Crippen molar-refractivity contribution >= 4 is 27.5 Å². The van der Waals surface area contributed by atoms with Crippen molar-refractivity contribution in [1.29, 1.82) is 0 Å². The van der Waals surface area contributed by atoms with Gasteiger partial charge in [0, 0.05) is 10.8 Å². The first-order valence-corrected chi connectivity index (χ1v) is 16.9. The maximum absolute atomic E-state index is 5.78. The molecule has 0 fully saturated rings. The third-order valence-corrected chi connectivity index (χ3v) is 7.85. The zero-order valence-electron chi connectivity index (χ0n) is 29.5. The Morgan fingerprint density at radius 2 is 1.00 bits per heavy atom. The van der Waals surface area contributed by atoms with Crippen molar-refractivity contribution in [3.63, 3.8) is 0 Å². The third-order valence-electron chi connectivity index (χ3n) is 7.85. The van der Waals surface area contributed by atoms with E-state index in [4.69, 9.17) is 4.42 Å². The van der Waals surface area contributed by atoms with E-state index in [0.717, 1.165) is 11.2 Å². The van der Waals surface area contributed by atoms with Crippen molar-refractivity contribution in [1.82, 2.24) is 0 Å². The second kappa shape index (κ2) is 18.1. The van der Waals surface area contributed by atoms with Gasteiger partial charge < -0.3 is 4.42 Å². The number of para-hydroxylation sites is 2. The number of allylic oxidation sites excluding steroid dienone is 4. The van der Waals surface area contributed by atoms with Crippen LogP contribution in [0.5, 0.6) is 0 Å². The highest BCUT2D eigenvalue weighted by Gasteiger charge is 2.06. The van der Waals surface area contributed by atoms with E-state index in [0.29, 0.717) is 0 Å². The third kappa shape index (κ3) is 9.80. The van der Waals surface area contributed by atoms with Crippen LogP contribution in [0.3, 0.4) is 0 Å². The van der Waals surface area contributed by atoms with Gasteiger partial charge in [-0.15, -0.1) is 0 Å². The molecule has 0 N–H and O–H groups in total. The van der Waals surface area contributed by atoms with Gasteiger partial charge in [-0.3, -0.25) is 0 Å². The van der Waals surface area contributed by atoms with Crippen LogP contribution in [0.1, 0.15) is 51.3 Å². The highest BCUT2D eigenvalue weighted by atomic mass is 16.3. The minimum Gasteiger partial charge on any atom is -0.456 e. The molecular weight excluding hydrogens is 581 g/mol. The molecule has 6 aromatic carbocycles. The molecule has 0 saturated heterocycles. The van der Waals surface area contributed by atoms with Crippen LogP contribution in [-0.2, 0) is 0 Å². The number of hydrogen-bond donors (Lipinski definition) is 0. The molecule has 48 heavy (non-hydrogen) atoms. The molecule has 1 heteroatoms. The predicted octanol–water partition coefficient (Wildman–Crippen LogP) is 14.3. The van der Waals surface area contributed by atoms with Gasteiger partial charge in [0.1, 0.15) is 11.2 Å². The van der Waals surface area contributed by atoms with Crippen LogP contribution in [0.15, 0.2) is 174 Å². The summed E-state index contributed by atoms with van der Waals surface area (Å²) < 4.78 is 5.78. The first-order chi connectivity index (χ1) is 23.4. The molecule has 0 spiro atoms. The summed E-state index contributed by atoms with van der Waals surface area (Å²) in [5.41, 5.74) is 13.5. The monoisotopic (exact) mass is 628 g/mol. The van der Waals surface area contributed by atoms with Gasteiger partial charge in [-0.05, 0) is 85.7 Å². The fourth-order valence-electron chi connectivity index (χ4n) is 5.23. The van der Waals surface area contributed by atoms with Crippen molar-refractivity contribution in [2.75, 3.05) is 0 Å². The van der Waals surface area contributed by atoms with Gasteiger partial charge in [0.05, 0.1) is 0 Å².